The Morgan fingerprint density at radius 1 is 1.42 bits per heavy atom. The predicted octanol–water partition coefficient (Wildman–Crippen LogP) is 2.48. The Morgan fingerprint density at radius 3 is 3.00 bits per heavy atom. The van der Waals surface area contributed by atoms with Crippen LogP contribution in [0.25, 0.3) is 11.5 Å². The molecule has 1 aliphatic heterocycles. The third-order valence-electron chi connectivity index (χ3n) is 4.83. The van der Waals surface area contributed by atoms with Crippen LogP contribution in [0.15, 0.2) is 28.8 Å². The van der Waals surface area contributed by atoms with Gasteiger partial charge >= 0.3 is 0 Å². The van der Waals surface area contributed by atoms with E-state index in [4.69, 9.17) is 9.26 Å². The van der Waals surface area contributed by atoms with Gasteiger partial charge < -0.3 is 14.6 Å². The van der Waals surface area contributed by atoms with Gasteiger partial charge in [-0.25, -0.2) is 0 Å². The van der Waals surface area contributed by atoms with Crippen molar-refractivity contribution in [2.45, 2.75) is 33.2 Å². The molecule has 7 heteroatoms. The van der Waals surface area contributed by atoms with Gasteiger partial charge in [-0.2, -0.15) is 4.98 Å². The number of rotatable bonds is 6. The second-order valence-corrected chi connectivity index (χ2v) is 6.95. The molecule has 1 aromatic carbocycles. The second kappa shape index (κ2) is 7.86. The van der Waals surface area contributed by atoms with Crippen LogP contribution in [0.4, 0.5) is 0 Å². The lowest BCUT2D eigenvalue weighted by molar-refractivity contribution is -0.133. The molecular formula is C19H26N4O3. The molecule has 1 fully saturated rings. The van der Waals surface area contributed by atoms with Crippen molar-refractivity contribution in [3.05, 3.63) is 30.1 Å². The molecule has 7 nitrogen and oxygen atoms in total. The summed E-state index contributed by atoms with van der Waals surface area (Å²) in [5.41, 5.74) is 0.406. The summed E-state index contributed by atoms with van der Waals surface area (Å²) in [7, 11) is 1.62. The van der Waals surface area contributed by atoms with E-state index in [1.807, 2.05) is 38.1 Å². The van der Waals surface area contributed by atoms with Crippen molar-refractivity contribution in [3.63, 3.8) is 0 Å². The third-order valence-corrected chi connectivity index (χ3v) is 4.83. The number of nitrogens with zero attached hydrogens (tertiary/aromatic N) is 3. The van der Waals surface area contributed by atoms with Crippen molar-refractivity contribution in [1.82, 2.24) is 20.4 Å². The van der Waals surface area contributed by atoms with Crippen LogP contribution in [0.5, 0.6) is 5.75 Å². The van der Waals surface area contributed by atoms with Gasteiger partial charge in [-0.3, -0.25) is 9.69 Å². The number of carbonyl (C=O) groups is 1. The highest BCUT2D eigenvalue weighted by Crippen LogP contribution is 2.31. The number of benzene rings is 1. The molecule has 0 saturated carbocycles. The summed E-state index contributed by atoms with van der Waals surface area (Å²) in [5, 5.41) is 7.06. The number of methoxy groups -OCH3 is 1. The number of amides is 1. The van der Waals surface area contributed by atoms with Crippen molar-refractivity contribution in [1.29, 1.82) is 0 Å². The van der Waals surface area contributed by atoms with E-state index < -0.39 is 0 Å². The van der Waals surface area contributed by atoms with E-state index in [0.29, 0.717) is 37.1 Å². The van der Waals surface area contributed by atoms with Crippen LogP contribution in [0.1, 0.15) is 32.5 Å². The van der Waals surface area contributed by atoms with Gasteiger partial charge in [0.1, 0.15) is 5.75 Å². The molecule has 1 atom stereocenters. The smallest absolute Gasteiger partial charge is 0.261 e. The number of carbonyl (C=O) groups excluding carboxylic acids is 1. The average molecular weight is 358 g/mol. The van der Waals surface area contributed by atoms with E-state index in [1.165, 1.54) is 0 Å². The van der Waals surface area contributed by atoms with Gasteiger partial charge in [0.2, 0.25) is 5.91 Å². The van der Waals surface area contributed by atoms with Gasteiger partial charge in [-0.05, 0) is 45.4 Å². The Morgan fingerprint density at radius 2 is 2.23 bits per heavy atom. The summed E-state index contributed by atoms with van der Waals surface area (Å²) in [4.78, 5) is 19.1. The maximum Gasteiger partial charge on any atom is 0.261 e. The molecule has 1 unspecified atom stereocenters. The molecule has 0 bridgehead atoms. The van der Waals surface area contributed by atoms with E-state index >= 15 is 0 Å². The molecule has 2 heterocycles. The van der Waals surface area contributed by atoms with Crippen LogP contribution in [-0.4, -0.2) is 47.7 Å². The minimum Gasteiger partial charge on any atom is -0.496 e. The first-order valence-electron chi connectivity index (χ1n) is 9.02. The quantitative estimate of drug-likeness (QED) is 0.854. The fourth-order valence-electron chi connectivity index (χ4n) is 3.49. The van der Waals surface area contributed by atoms with Gasteiger partial charge in [0.25, 0.3) is 5.89 Å². The maximum absolute atomic E-state index is 12.4. The second-order valence-electron chi connectivity index (χ2n) is 6.95. The minimum atomic E-state index is -0.372. The van der Waals surface area contributed by atoms with Crippen LogP contribution in [0, 0.1) is 5.41 Å². The molecule has 0 spiro atoms. The molecule has 3 rings (SSSR count). The number of para-hydroxylation sites is 1. The largest absolute Gasteiger partial charge is 0.496 e. The zero-order chi connectivity index (χ0) is 18.6. The maximum atomic E-state index is 12.4. The van der Waals surface area contributed by atoms with E-state index in [-0.39, 0.29) is 11.3 Å². The number of ether oxygens (including phenoxy) is 1. The van der Waals surface area contributed by atoms with E-state index in [9.17, 15) is 4.79 Å². The lowest BCUT2D eigenvalue weighted by atomic mass is 9.81. The summed E-state index contributed by atoms with van der Waals surface area (Å²) >= 11 is 0. The molecule has 0 radical (unpaired) electrons. The first kappa shape index (κ1) is 18.4. The lowest BCUT2D eigenvalue weighted by Gasteiger charge is -2.38. The summed E-state index contributed by atoms with van der Waals surface area (Å²) < 4.78 is 10.8. The SMILES string of the molecule is CCNC(=O)C1(C)CCCN(Cc2noc(-c3ccccc3OC)n2)C1. The fraction of sp³-hybridized carbons (Fsp3) is 0.526. The molecule has 26 heavy (non-hydrogen) atoms. The lowest BCUT2D eigenvalue weighted by Crippen LogP contribution is -2.50. The molecule has 140 valence electrons. The molecule has 1 saturated heterocycles. The van der Waals surface area contributed by atoms with Gasteiger partial charge in [-0.1, -0.05) is 17.3 Å². The molecule has 2 aromatic rings. The molecular weight excluding hydrogens is 332 g/mol. The van der Waals surface area contributed by atoms with Crippen molar-refractivity contribution >= 4 is 5.91 Å². The first-order valence-corrected chi connectivity index (χ1v) is 9.02. The number of aromatic nitrogens is 2. The van der Waals surface area contributed by atoms with Crippen LogP contribution in [-0.2, 0) is 11.3 Å². The molecule has 0 aliphatic carbocycles. The van der Waals surface area contributed by atoms with E-state index in [2.05, 4.69) is 20.4 Å². The van der Waals surface area contributed by atoms with Crippen molar-refractivity contribution < 1.29 is 14.1 Å². The number of likely N-dealkylation sites (tertiary alicyclic amines) is 1. The van der Waals surface area contributed by atoms with Gasteiger partial charge in [0, 0.05) is 13.1 Å². The van der Waals surface area contributed by atoms with E-state index in [1.54, 1.807) is 7.11 Å². The first-order chi connectivity index (χ1) is 12.6. The van der Waals surface area contributed by atoms with Gasteiger partial charge in [-0.15, -0.1) is 0 Å². The monoisotopic (exact) mass is 358 g/mol. The predicted molar refractivity (Wildman–Crippen MR) is 97.6 cm³/mol. The zero-order valence-corrected chi connectivity index (χ0v) is 15.6. The highest BCUT2D eigenvalue weighted by molar-refractivity contribution is 5.82. The third kappa shape index (κ3) is 3.88. The molecule has 1 N–H and O–H groups in total. The van der Waals surface area contributed by atoms with Crippen LogP contribution >= 0.6 is 0 Å². The molecule has 1 amide bonds. The zero-order valence-electron chi connectivity index (χ0n) is 15.6. The van der Waals surface area contributed by atoms with Crippen LogP contribution in [0.3, 0.4) is 0 Å². The van der Waals surface area contributed by atoms with Crippen molar-refractivity contribution in [2.24, 2.45) is 5.41 Å². The van der Waals surface area contributed by atoms with Crippen molar-refractivity contribution in [2.75, 3.05) is 26.7 Å². The molecule has 1 aliphatic rings. The highest BCUT2D eigenvalue weighted by Gasteiger charge is 2.37. The Kier molecular flexibility index (Phi) is 5.56. The number of piperidine rings is 1. The fourth-order valence-corrected chi connectivity index (χ4v) is 3.49. The summed E-state index contributed by atoms with van der Waals surface area (Å²) in [6.45, 7) is 6.81. The Labute approximate surface area is 153 Å². The average Bonchev–Trinajstić information content (AvgIpc) is 3.10. The normalized spacial score (nSPS) is 20.7. The summed E-state index contributed by atoms with van der Waals surface area (Å²) in [6.07, 6.45) is 1.87. The number of nitrogens with one attached hydrogen (secondary N) is 1. The topological polar surface area (TPSA) is 80.5 Å². The number of hydrogen-bond donors (Lipinski definition) is 1. The van der Waals surface area contributed by atoms with Gasteiger partial charge in [0.15, 0.2) is 5.82 Å². The Balaban J connectivity index is 1.70. The van der Waals surface area contributed by atoms with Crippen molar-refractivity contribution in [3.8, 4) is 17.2 Å². The summed E-state index contributed by atoms with van der Waals surface area (Å²) in [6, 6.07) is 7.56. The van der Waals surface area contributed by atoms with Crippen LogP contribution in [0.2, 0.25) is 0 Å². The minimum absolute atomic E-state index is 0.118. The number of hydrogen-bond acceptors (Lipinski definition) is 6. The highest BCUT2D eigenvalue weighted by atomic mass is 16.5. The van der Waals surface area contributed by atoms with Gasteiger partial charge in [0.05, 0.1) is 24.6 Å². The Hall–Kier alpha value is -2.41. The van der Waals surface area contributed by atoms with E-state index in [0.717, 1.165) is 24.9 Å². The standard InChI is InChI=1S/C19H26N4O3/c1-4-20-18(24)19(2)10-7-11-23(13-19)12-16-21-17(26-22-16)14-8-5-6-9-15(14)25-3/h5-6,8-9H,4,7,10-13H2,1-3H3,(H,20,24). The Bertz CT molecular complexity index is 761. The summed E-state index contributed by atoms with van der Waals surface area (Å²) in [5.74, 6) is 1.88. The van der Waals surface area contributed by atoms with Crippen LogP contribution < -0.4 is 10.1 Å². The molecule has 1 aromatic heterocycles.